The van der Waals surface area contributed by atoms with Crippen LogP contribution in [0.4, 0.5) is 0 Å². The van der Waals surface area contributed by atoms with Crippen molar-refractivity contribution in [3.63, 3.8) is 0 Å². The molecule has 0 aliphatic carbocycles. The van der Waals surface area contributed by atoms with Crippen molar-refractivity contribution in [2.75, 3.05) is 6.54 Å². The number of esters is 1. The Labute approximate surface area is 132 Å². The molecule has 0 bridgehead atoms. The first-order valence-corrected chi connectivity index (χ1v) is 7.77. The number of carbonyl (C=O) groups is 1. The van der Waals surface area contributed by atoms with E-state index in [4.69, 9.17) is 4.74 Å². The summed E-state index contributed by atoms with van der Waals surface area (Å²) in [6.45, 7) is 3.21. The standard InChI is InChI=1S/C19H23NO2/c1-2-13-20-18(14-16-9-5-3-6-10-16)19(21)22-15-17-11-7-4-8-12-17/h3-12,18,20H,2,13-15H2,1H3/t18-/m0/s1. The van der Waals surface area contributed by atoms with Gasteiger partial charge in [-0.05, 0) is 30.5 Å². The van der Waals surface area contributed by atoms with Crippen LogP contribution >= 0.6 is 0 Å². The van der Waals surface area contributed by atoms with Crippen molar-refractivity contribution >= 4 is 5.97 Å². The van der Waals surface area contributed by atoms with Crippen molar-refractivity contribution in [2.24, 2.45) is 0 Å². The molecule has 1 atom stereocenters. The monoisotopic (exact) mass is 297 g/mol. The number of hydrogen-bond donors (Lipinski definition) is 1. The Balaban J connectivity index is 1.93. The molecular weight excluding hydrogens is 274 g/mol. The topological polar surface area (TPSA) is 38.3 Å². The average molecular weight is 297 g/mol. The molecule has 3 nitrogen and oxygen atoms in total. The lowest BCUT2D eigenvalue weighted by molar-refractivity contribution is -0.147. The van der Waals surface area contributed by atoms with E-state index in [0.717, 1.165) is 24.1 Å². The molecule has 2 rings (SSSR count). The fraction of sp³-hybridized carbons (Fsp3) is 0.316. The zero-order chi connectivity index (χ0) is 15.6. The van der Waals surface area contributed by atoms with Crippen molar-refractivity contribution in [1.29, 1.82) is 0 Å². The molecule has 3 heteroatoms. The maximum atomic E-state index is 12.3. The molecule has 0 aliphatic heterocycles. The summed E-state index contributed by atoms with van der Waals surface area (Å²) in [7, 11) is 0. The maximum absolute atomic E-state index is 12.3. The molecule has 2 aromatic carbocycles. The van der Waals surface area contributed by atoms with Gasteiger partial charge in [0.05, 0.1) is 0 Å². The van der Waals surface area contributed by atoms with E-state index in [1.807, 2.05) is 60.7 Å². The lowest BCUT2D eigenvalue weighted by atomic mass is 10.1. The molecule has 1 N–H and O–H groups in total. The minimum absolute atomic E-state index is 0.193. The molecule has 0 unspecified atom stereocenters. The number of rotatable bonds is 8. The Morgan fingerprint density at radius 2 is 1.59 bits per heavy atom. The first-order valence-electron chi connectivity index (χ1n) is 7.77. The third kappa shape index (κ3) is 5.34. The molecule has 2 aromatic rings. The second-order valence-corrected chi connectivity index (χ2v) is 5.29. The number of nitrogens with one attached hydrogen (secondary N) is 1. The van der Waals surface area contributed by atoms with Gasteiger partial charge in [-0.2, -0.15) is 0 Å². The van der Waals surface area contributed by atoms with Crippen LogP contribution in [0, 0.1) is 0 Å². The summed E-state index contributed by atoms with van der Waals surface area (Å²) >= 11 is 0. The van der Waals surface area contributed by atoms with E-state index >= 15 is 0 Å². The lowest BCUT2D eigenvalue weighted by Crippen LogP contribution is -2.40. The highest BCUT2D eigenvalue weighted by atomic mass is 16.5. The largest absolute Gasteiger partial charge is 0.460 e. The number of carbonyl (C=O) groups excluding carboxylic acids is 1. The molecule has 0 heterocycles. The highest BCUT2D eigenvalue weighted by Gasteiger charge is 2.19. The average Bonchev–Trinajstić information content (AvgIpc) is 2.58. The van der Waals surface area contributed by atoms with Crippen LogP contribution in [-0.2, 0) is 22.6 Å². The van der Waals surface area contributed by atoms with Gasteiger partial charge in [0.25, 0.3) is 0 Å². The van der Waals surface area contributed by atoms with Crippen molar-refractivity contribution in [2.45, 2.75) is 32.4 Å². The first kappa shape index (κ1) is 16.2. The molecule has 0 saturated heterocycles. The fourth-order valence-electron chi connectivity index (χ4n) is 2.24. The predicted molar refractivity (Wildman–Crippen MR) is 88.5 cm³/mol. The van der Waals surface area contributed by atoms with E-state index in [1.54, 1.807) is 0 Å². The molecule has 0 amide bonds. The van der Waals surface area contributed by atoms with Crippen molar-refractivity contribution in [3.05, 3.63) is 71.8 Å². The Kier molecular flexibility index (Phi) is 6.65. The highest BCUT2D eigenvalue weighted by molar-refractivity contribution is 5.76. The summed E-state index contributed by atoms with van der Waals surface area (Å²) in [5.74, 6) is -0.193. The van der Waals surface area contributed by atoms with Crippen molar-refractivity contribution in [3.8, 4) is 0 Å². The van der Waals surface area contributed by atoms with Gasteiger partial charge in [0.15, 0.2) is 0 Å². The van der Waals surface area contributed by atoms with Gasteiger partial charge in [-0.15, -0.1) is 0 Å². The van der Waals surface area contributed by atoms with E-state index in [0.29, 0.717) is 13.0 Å². The van der Waals surface area contributed by atoms with Gasteiger partial charge >= 0.3 is 5.97 Å². The summed E-state index contributed by atoms with van der Waals surface area (Å²) in [4.78, 5) is 12.3. The van der Waals surface area contributed by atoms with Gasteiger partial charge in [-0.3, -0.25) is 4.79 Å². The molecule has 0 radical (unpaired) electrons. The lowest BCUT2D eigenvalue weighted by Gasteiger charge is -2.17. The molecule has 0 spiro atoms. The van der Waals surface area contributed by atoms with Crippen LogP contribution in [0.2, 0.25) is 0 Å². The normalized spacial score (nSPS) is 11.9. The van der Waals surface area contributed by atoms with Crippen LogP contribution in [0.1, 0.15) is 24.5 Å². The quantitative estimate of drug-likeness (QED) is 0.759. The van der Waals surface area contributed by atoms with E-state index in [-0.39, 0.29) is 12.0 Å². The Hall–Kier alpha value is -2.13. The first-order chi connectivity index (χ1) is 10.8. The molecular formula is C19H23NO2. The maximum Gasteiger partial charge on any atom is 0.323 e. The van der Waals surface area contributed by atoms with Crippen LogP contribution in [0.15, 0.2) is 60.7 Å². The van der Waals surface area contributed by atoms with Crippen LogP contribution in [0.5, 0.6) is 0 Å². The molecule has 116 valence electrons. The SMILES string of the molecule is CCCN[C@@H](Cc1ccccc1)C(=O)OCc1ccccc1. The summed E-state index contributed by atoms with van der Waals surface area (Å²) in [6.07, 6.45) is 1.63. The molecule has 0 aromatic heterocycles. The van der Waals surface area contributed by atoms with Gasteiger partial charge in [0, 0.05) is 0 Å². The van der Waals surface area contributed by atoms with Gasteiger partial charge in [0.1, 0.15) is 12.6 Å². The summed E-state index contributed by atoms with van der Waals surface area (Å²) in [6, 6.07) is 19.5. The van der Waals surface area contributed by atoms with Gasteiger partial charge < -0.3 is 10.1 Å². The van der Waals surface area contributed by atoms with Crippen LogP contribution in [0.25, 0.3) is 0 Å². The predicted octanol–water partition coefficient (Wildman–Crippen LogP) is 3.34. The molecule has 0 aliphatic rings. The summed E-state index contributed by atoms with van der Waals surface area (Å²) < 4.78 is 5.46. The van der Waals surface area contributed by atoms with E-state index in [1.165, 1.54) is 0 Å². The fourth-order valence-corrected chi connectivity index (χ4v) is 2.24. The molecule has 22 heavy (non-hydrogen) atoms. The Bertz CT molecular complexity index is 554. The van der Waals surface area contributed by atoms with Gasteiger partial charge in [-0.1, -0.05) is 67.6 Å². The van der Waals surface area contributed by atoms with E-state index < -0.39 is 0 Å². The Morgan fingerprint density at radius 1 is 1.00 bits per heavy atom. The smallest absolute Gasteiger partial charge is 0.323 e. The summed E-state index contributed by atoms with van der Waals surface area (Å²) in [5, 5.41) is 3.28. The molecule has 0 saturated carbocycles. The second-order valence-electron chi connectivity index (χ2n) is 5.29. The summed E-state index contributed by atoms with van der Waals surface area (Å²) in [5.41, 5.74) is 2.14. The van der Waals surface area contributed by atoms with E-state index in [9.17, 15) is 4.79 Å². The zero-order valence-corrected chi connectivity index (χ0v) is 13.0. The third-order valence-electron chi connectivity index (χ3n) is 3.43. The molecule has 0 fully saturated rings. The number of ether oxygens (including phenoxy) is 1. The van der Waals surface area contributed by atoms with Crippen LogP contribution in [-0.4, -0.2) is 18.6 Å². The van der Waals surface area contributed by atoms with Crippen molar-refractivity contribution in [1.82, 2.24) is 5.32 Å². The van der Waals surface area contributed by atoms with Gasteiger partial charge in [0.2, 0.25) is 0 Å². The van der Waals surface area contributed by atoms with Crippen LogP contribution in [0.3, 0.4) is 0 Å². The van der Waals surface area contributed by atoms with Crippen LogP contribution < -0.4 is 5.32 Å². The minimum Gasteiger partial charge on any atom is -0.460 e. The van der Waals surface area contributed by atoms with Crippen molar-refractivity contribution < 1.29 is 9.53 Å². The van der Waals surface area contributed by atoms with E-state index in [2.05, 4.69) is 12.2 Å². The zero-order valence-electron chi connectivity index (χ0n) is 13.0. The highest BCUT2D eigenvalue weighted by Crippen LogP contribution is 2.07. The van der Waals surface area contributed by atoms with Gasteiger partial charge in [-0.25, -0.2) is 0 Å². The number of benzene rings is 2. The minimum atomic E-state index is -0.300. The third-order valence-corrected chi connectivity index (χ3v) is 3.43. The Morgan fingerprint density at radius 3 is 2.18 bits per heavy atom. The number of hydrogen-bond acceptors (Lipinski definition) is 3. The second kappa shape index (κ2) is 9.00.